The fourth-order valence-corrected chi connectivity index (χ4v) is 6.58. The third-order valence-electron chi connectivity index (χ3n) is 9.25. The van der Waals surface area contributed by atoms with Crippen LogP contribution in [0.1, 0.15) is 72.1 Å². The number of amides is 2. The van der Waals surface area contributed by atoms with Crippen molar-refractivity contribution in [1.29, 1.82) is 0 Å². The van der Waals surface area contributed by atoms with Crippen LogP contribution in [0, 0.1) is 12.7 Å². The Bertz CT molecular complexity index is 1800. The number of primary amides is 1. The van der Waals surface area contributed by atoms with Gasteiger partial charge in [-0.25, -0.2) is 14.4 Å². The Labute approximate surface area is 274 Å². The maximum absolute atomic E-state index is 15.8. The van der Waals surface area contributed by atoms with E-state index in [0.29, 0.717) is 52.4 Å². The Morgan fingerprint density at radius 1 is 1.12 bits per heavy atom. The number of aliphatic imine (C=N–C) groups is 1. The van der Waals surface area contributed by atoms with Crippen molar-refractivity contribution in [3.63, 3.8) is 0 Å². The summed E-state index contributed by atoms with van der Waals surface area (Å²) in [7, 11) is 2.88. The summed E-state index contributed by atoms with van der Waals surface area (Å²) in [5, 5.41) is 2.83. The number of halogens is 4. The number of anilines is 1. The first-order valence-electron chi connectivity index (χ1n) is 15.6. The Morgan fingerprint density at radius 2 is 1.85 bits per heavy atom. The molecule has 3 aromatic rings. The number of amidine groups is 1. The lowest BCUT2D eigenvalue weighted by molar-refractivity contribution is -0.141. The van der Waals surface area contributed by atoms with Crippen LogP contribution < -0.4 is 20.7 Å². The van der Waals surface area contributed by atoms with Crippen molar-refractivity contribution in [2.45, 2.75) is 69.7 Å². The number of nitrogens with two attached hydrogens (primary N) is 1. The van der Waals surface area contributed by atoms with Crippen molar-refractivity contribution in [2.24, 2.45) is 10.7 Å². The zero-order valence-corrected chi connectivity index (χ0v) is 26.7. The van der Waals surface area contributed by atoms with Crippen LogP contribution in [0.5, 0.6) is 5.88 Å². The van der Waals surface area contributed by atoms with E-state index in [-0.39, 0.29) is 55.2 Å². The summed E-state index contributed by atoms with van der Waals surface area (Å²) in [5.74, 6) is -1.02. The minimum Gasteiger partial charge on any atom is -0.480 e. The summed E-state index contributed by atoms with van der Waals surface area (Å²) in [6, 6.07) is 5.41. The van der Waals surface area contributed by atoms with Gasteiger partial charge in [0, 0.05) is 42.9 Å². The minimum atomic E-state index is -4.59. The number of nitrogens with zero attached hydrogens (tertiary/aromatic N) is 5. The molecule has 0 bridgehead atoms. The first kappa shape index (κ1) is 33.2. The van der Waals surface area contributed by atoms with E-state index in [1.54, 1.807) is 13.0 Å². The van der Waals surface area contributed by atoms with Crippen LogP contribution in [0.4, 0.5) is 23.2 Å². The molecular weight excluding hydrogens is 634 g/mol. The van der Waals surface area contributed by atoms with Crippen molar-refractivity contribution in [3.8, 4) is 17.0 Å². The molecule has 2 fully saturated rings. The molecule has 2 aliphatic heterocycles. The van der Waals surface area contributed by atoms with Gasteiger partial charge in [0.1, 0.15) is 28.7 Å². The number of benzene rings is 1. The minimum absolute atomic E-state index is 0.0130. The third-order valence-corrected chi connectivity index (χ3v) is 9.25. The van der Waals surface area contributed by atoms with Gasteiger partial charge in [-0.2, -0.15) is 18.2 Å². The molecule has 1 saturated heterocycles. The zero-order valence-electron chi connectivity index (χ0n) is 26.7. The highest BCUT2D eigenvalue weighted by Gasteiger charge is 2.47. The quantitative estimate of drug-likeness (QED) is 0.320. The van der Waals surface area contributed by atoms with Gasteiger partial charge < -0.3 is 25.4 Å². The second-order valence-electron chi connectivity index (χ2n) is 12.3. The van der Waals surface area contributed by atoms with Gasteiger partial charge in [0.2, 0.25) is 11.8 Å². The molecule has 1 aromatic carbocycles. The lowest BCUT2D eigenvalue weighted by Crippen LogP contribution is -2.49. The summed E-state index contributed by atoms with van der Waals surface area (Å²) in [4.78, 5) is 44.4. The van der Waals surface area contributed by atoms with Crippen LogP contribution in [-0.2, 0) is 33.5 Å². The molecule has 48 heavy (non-hydrogen) atoms. The Morgan fingerprint density at radius 3 is 2.46 bits per heavy atom. The number of hydrogen-bond donors (Lipinski definition) is 2. The van der Waals surface area contributed by atoms with E-state index in [1.165, 1.54) is 26.4 Å². The van der Waals surface area contributed by atoms with Crippen molar-refractivity contribution in [2.75, 3.05) is 32.2 Å². The first-order valence-corrected chi connectivity index (χ1v) is 15.6. The highest BCUT2D eigenvalue weighted by molar-refractivity contribution is 6.16. The van der Waals surface area contributed by atoms with E-state index in [9.17, 15) is 22.8 Å². The van der Waals surface area contributed by atoms with Crippen LogP contribution in [0.25, 0.3) is 11.1 Å². The fourth-order valence-electron chi connectivity index (χ4n) is 6.58. The second-order valence-corrected chi connectivity index (χ2v) is 12.3. The van der Waals surface area contributed by atoms with E-state index in [0.717, 1.165) is 25.3 Å². The number of rotatable bonds is 9. The van der Waals surface area contributed by atoms with Gasteiger partial charge in [-0.3, -0.25) is 14.6 Å². The van der Waals surface area contributed by atoms with Gasteiger partial charge in [0.25, 0.3) is 5.91 Å². The number of ether oxygens (including phenoxy) is 2. The standard InChI is InChI=1S/C33H35F4N7O4/c1-17-27(30(48-3)41-26(39-17)15-25(38)45)19-13-22(34)21(16-47-2)23(14-19)44-11-9-32(10-12-44)31(46)42-29(43-32)20-7-8-24(33(35,36)37)40-28(20)18-5-4-6-18/h7-8,13-14,18H,4-6,9-12,15-16H2,1-3H3,(H2,38,45)(H,42,43,46). The molecule has 0 unspecified atom stereocenters. The second kappa shape index (κ2) is 12.7. The molecule has 2 aromatic heterocycles. The van der Waals surface area contributed by atoms with Crippen molar-refractivity contribution >= 4 is 23.3 Å². The number of alkyl halides is 3. The monoisotopic (exact) mass is 669 g/mol. The number of piperidine rings is 1. The lowest BCUT2D eigenvalue weighted by Gasteiger charge is -2.38. The van der Waals surface area contributed by atoms with Gasteiger partial charge in [-0.05, 0) is 62.4 Å². The molecule has 0 atom stereocenters. The molecule has 1 saturated carbocycles. The van der Waals surface area contributed by atoms with Gasteiger partial charge >= 0.3 is 6.18 Å². The van der Waals surface area contributed by atoms with Crippen LogP contribution in [-0.4, -0.2) is 65.4 Å². The van der Waals surface area contributed by atoms with Crippen molar-refractivity contribution < 1.29 is 36.6 Å². The largest absolute Gasteiger partial charge is 0.480 e. The molecule has 1 spiro atoms. The third kappa shape index (κ3) is 6.18. The summed E-state index contributed by atoms with van der Waals surface area (Å²) in [5.41, 5.74) is 6.15. The van der Waals surface area contributed by atoms with Crippen LogP contribution in [0.15, 0.2) is 29.3 Å². The van der Waals surface area contributed by atoms with Gasteiger partial charge in [-0.1, -0.05) is 6.42 Å². The van der Waals surface area contributed by atoms with E-state index in [1.807, 2.05) is 4.90 Å². The molecule has 0 radical (unpaired) electrons. The number of carbonyl (C=O) groups excluding carboxylic acids is 2. The van der Waals surface area contributed by atoms with Gasteiger partial charge in [-0.15, -0.1) is 0 Å². The maximum Gasteiger partial charge on any atom is 0.433 e. The number of aryl methyl sites for hydroxylation is 1. The summed E-state index contributed by atoms with van der Waals surface area (Å²) in [6.45, 7) is 2.34. The SMILES string of the molecule is COCc1c(F)cc(-c2c(C)nc(CC(N)=O)nc2OC)cc1N1CCC2(CC1)N=C(c1ccc(C(F)(F)F)nc1C1CCC1)NC2=O. The number of carbonyl (C=O) groups is 2. The summed E-state index contributed by atoms with van der Waals surface area (Å²) < 4.78 is 67.1. The fraction of sp³-hybridized carbons (Fsp3) is 0.455. The number of nitrogens with one attached hydrogen (secondary N) is 1. The number of methoxy groups -OCH3 is 2. The molecular formula is C33H35F4N7O4. The zero-order chi connectivity index (χ0) is 34.4. The van der Waals surface area contributed by atoms with E-state index < -0.39 is 29.1 Å². The Balaban J connectivity index is 1.31. The maximum atomic E-state index is 15.8. The molecule has 15 heteroatoms. The lowest BCUT2D eigenvalue weighted by atomic mass is 9.80. The predicted molar refractivity (Wildman–Crippen MR) is 167 cm³/mol. The van der Waals surface area contributed by atoms with E-state index >= 15 is 4.39 Å². The molecule has 1 aliphatic carbocycles. The first-order chi connectivity index (χ1) is 22.8. The number of pyridine rings is 1. The van der Waals surface area contributed by atoms with Crippen molar-refractivity contribution in [1.82, 2.24) is 20.3 Å². The Kier molecular flexibility index (Phi) is 8.83. The van der Waals surface area contributed by atoms with Crippen LogP contribution >= 0.6 is 0 Å². The van der Waals surface area contributed by atoms with Gasteiger partial charge in [0.15, 0.2) is 0 Å². The molecule has 4 heterocycles. The van der Waals surface area contributed by atoms with Crippen LogP contribution in [0.3, 0.4) is 0 Å². The average Bonchev–Trinajstić information content (AvgIpc) is 3.31. The average molecular weight is 670 g/mol. The van der Waals surface area contributed by atoms with E-state index in [2.05, 4.69) is 20.3 Å². The molecule has 254 valence electrons. The highest BCUT2D eigenvalue weighted by atomic mass is 19.4. The molecule has 3 aliphatic rings. The van der Waals surface area contributed by atoms with E-state index in [4.69, 9.17) is 20.2 Å². The highest BCUT2D eigenvalue weighted by Crippen LogP contribution is 2.42. The molecule has 6 rings (SSSR count). The molecule has 3 N–H and O–H groups in total. The Hall–Kier alpha value is -4.66. The number of hydrogen-bond acceptors (Lipinski definition) is 9. The summed E-state index contributed by atoms with van der Waals surface area (Å²) in [6.07, 6.45) is -1.88. The molecule has 2 amide bonds. The topological polar surface area (TPSA) is 145 Å². The number of aromatic nitrogens is 3. The summed E-state index contributed by atoms with van der Waals surface area (Å²) >= 11 is 0. The normalized spacial score (nSPS) is 17.7. The van der Waals surface area contributed by atoms with Crippen LogP contribution in [0.2, 0.25) is 0 Å². The van der Waals surface area contributed by atoms with Gasteiger partial charge in [0.05, 0.1) is 37.1 Å². The molecule has 11 nitrogen and oxygen atoms in total. The van der Waals surface area contributed by atoms with Crippen molar-refractivity contribution in [3.05, 3.63) is 64.1 Å². The smallest absolute Gasteiger partial charge is 0.433 e. The predicted octanol–water partition coefficient (Wildman–Crippen LogP) is 4.37.